The van der Waals surface area contributed by atoms with Gasteiger partial charge in [0.25, 0.3) is 0 Å². The van der Waals surface area contributed by atoms with Crippen LogP contribution in [0.1, 0.15) is 18.2 Å². The summed E-state index contributed by atoms with van der Waals surface area (Å²) < 4.78 is 76.6. The third-order valence-corrected chi connectivity index (χ3v) is 4.47. The molecule has 0 aliphatic carbocycles. The number of aryl methyl sites for hydroxylation is 2. The largest absolute Gasteiger partial charge is 0.435 e. The second-order valence-electron chi connectivity index (χ2n) is 5.12. The first kappa shape index (κ1) is 18.7. The maximum Gasteiger partial charge on any atom is 0.435 e. The van der Waals surface area contributed by atoms with E-state index in [2.05, 4.69) is 5.10 Å². The van der Waals surface area contributed by atoms with Gasteiger partial charge in [0.1, 0.15) is 0 Å². The maximum absolute atomic E-state index is 12.7. The molecule has 9 heteroatoms. The van der Waals surface area contributed by atoms with Gasteiger partial charge in [0.2, 0.25) is 0 Å². The first-order valence-electron chi connectivity index (χ1n) is 6.95. The van der Waals surface area contributed by atoms with Crippen LogP contribution in [0.2, 0.25) is 0 Å². The summed E-state index contributed by atoms with van der Waals surface area (Å²) in [4.78, 5) is 0.405. The van der Waals surface area contributed by atoms with Crippen molar-refractivity contribution < 1.29 is 26.3 Å². The van der Waals surface area contributed by atoms with Crippen LogP contribution in [0.3, 0.4) is 0 Å². The standard InChI is InChI=1S/C15H14F6N2S/c1-3-9-4-5-10(6-12(9)24-8-14(16,17)18)11-7-13(15(19,20)21)22-23(11)2/h4-7H,3,8H2,1-2H3. The Bertz CT molecular complexity index is 718. The van der Waals surface area contributed by atoms with E-state index in [9.17, 15) is 26.3 Å². The highest BCUT2D eigenvalue weighted by molar-refractivity contribution is 7.99. The van der Waals surface area contributed by atoms with Crippen LogP contribution in [0.15, 0.2) is 29.2 Å². The number of nitrogens with zero attached hydrogens (tertiary/aromatic N) is 2. The minimum Gasteiger partial charge on any atom is -0.267 e. The van der Waals surface area contributed by atoms with Gasteiger partial charge in [-0.1, -0.05) is 19.1 Å². The highest BCUT2D eigenvalue weighted by Gasteiger charge is 2.34. The molecule has 0 fully saturated rings. The van der Waals surface area contributed by atoms with E-state index in [1.807, 2.05) is 0 Å². The molecule has 0 amide bonds. The molecule has 132 valence electrons. The number of benzene rings is 1. The Morgan fingerprint density at radius 3 is 2.25 bits per heavy atom. The van der Waals surface area contributed by atoms with Crippen LogP contribution in [0, 0.1) is 0 Å². The van der Waals surface area contributed by atoms with Gasteiger partial charge in [-0.25, -0.2) is 0 Å². The molecule has 0 aliphatic rings. The molecule has 2 rings (SSSR count). The number of rotatable bonds is 4. The second kappa shape index (κ2) is 6.70. The van der Waals surface area contributed by atoms with E-state index in [1.54, 1.807) is 19.1 Å². The predicted molar refractivity (Wildman–Crippen MR) is 79.8 cm³/mol. The summed E-state index contributed by atoms with van der Waals surface area (Å²) in [7, 11) is 1.36. The molecule has 0 bridgehead atoms. The van der Waals surface area contributed by atoms with Crippen molar-refractivity contribution in [1.29, 1.82) is 0 Å². The van der Waals surface area contributed by atoms with Crippen molar-refractivity contribution in [3.8, 4) is 11.3 Å². The van der Waals surface area contributed by atoms with Crippen LogP contribution in [-0.4, -0.2) is 21.7 Å². The van der Waals surface area contributed by atoms with E-state index >= 15 is 0 Å². The molecule has 0 N–H and O–H groups in total. The van der Waals surface area contributed by atoms with Gasteiger partial charge >= 0.3 is 12.4 Å². The van der Waals surface area contributed by atoms with Crippen molar-refractivity contribution in [3.05, 3.63) is 35.5 Å². The molecular formula is C15H14F6N2S. The number of alkyl halides is 6. The monoisotopic (exact) mass is 368 g/mol. The Hall–Kier alpha value is -1.64. The number of halogens is 6. The fourth-order valence-electron chi connectivity index (χ4n) is 2.18. The van der Waals surface area contributed by atoms with Crippen LogP contribution in [-0.2, 0) is 19.6 Å². The Labute approximate surface area is 138 Å². The lowest BCUT2D eigenvalue weighted by atomic mass is 10.1. The lowest BCUT2D eigenvalue weighted by molar-refractivity contribution is -0.141. The van der Waals surface area contributed by atoms with Crippen molar-refractivity contribution in [2.45, 2.75) is 30.6 Å². The SMILES string of the molecule is CCc1ccc(-c2cc(C(F)(F)F)nn2C)cc1SCC(F)(F)F. The zero-order valence-corrected chi connectivity index (χ0v) is 13.6. The van der Waals surface area contributed by atoms with Crippen molar-refractivity contribution in [2.75, 3.05) is 5.75 Å². The van der Waals surface area contributed by atoms with Gasteiger partial charge in [-0.3, -0.25) is 4.68 Å². The van der Waals surface area contributed by atoms with Crippen LogP contribution in [0.4, 0.5) is 26.3 Å². The first-order chi connectivity index (χ1) is 11.0. The Balaban J connectivity index is 2.40. The predicted octanol–water partition coefficient (Wildman–Crippen LogP) is 5.32. The van der Waals surface area contributed by atoms with Crippen LogP contribution >= 0.6 is 11.8 Å². The van der Waals surface area contributed by atoms with E-state index in [4.69, 9.17) is 0 Å². The van der Waals surface area contributed by atoms with E-state index in [1.165, 1.54) is 13.1 Å². The third kappa shape index (κ3) is 4.46. The Morgan fingerprint density at radius 2 is 1.75 bits per heavy atom. The van der Waals surface area contributed by atoms with Gasteiger partial charge in [0, 0.05) is 17.5 Å². The molecule has 0 radical (unpaired) electrons. The summed E-state index contributed by atoms with van der Waals surface area (Å²) in [6.07, 6.45) is -8.37. The highest BCUT2D eigenvalue weighted by atomic mass is 32.2. The molecule has 1 aromatic heterocycles. The second-order valence-corrected chi connectivity index (χ2v) is 6.13. The zero-order valence-electron chi connectivity index (χ0n) is 12.8. The highest BCUT2D eigenvalue weighted by Crippen LogP contribution is 2.35. The zero-order chi connectivity index (χ0) is 18.1. The molecule has 1 heterocycles. The fourth-order valence-corrected chi connectivity index (χ4v) is 3.10. The molecular weight excluding hydrogens is 354 g/mol. The van der Waals surface area contributed by atoms with Crippen molar-refractivity contribution in [2.24, 2.45) is 7.05 Å². The van der Waals surface area contributed by atoms with Gasteiger partial charge in [-0.05, 0) is 24.1 Å². The number of aromatic nitrogens is 2. The van der Waals surface area contributed by atoms with Gasteiger partial charge < -0.3 is 0 Å². The average molecular weight is 368 g/mol. The first-order valence-corrected chi connectivity index (χ1v) is 7.94. The molecule has 0 unspecified atom stereocenters. The summed E-state index contributed by atoms with van der Waals surface area (Å²) >= 11 is 0.629. The van der Waals surface area contributed by atoms with Crippen molar-refractivity contribution in [3.63, 3.8) is 0 Å². The average Bonchev–Trinajstić information content (AvgIpc) is 2.86. The molecule has 1 aromatic carbocycles. The Kier molecular flexibility index (Phi) is 5.22. The number of hydrogen-bond donors (Lipinski definition) is 0. The molecule has 24 heavy (non-hydrogen) atoms. The van der Waals surface area contributed by atoms with E-state index < -0.39 is 23.8 Å². The van der Waals surface area contributed by atoms with E-state index in [0.717, 1.165) is 10.7 Å². The number of hydrogen-bond acceptors (Lipinski definition) is 2. The molecule has 0 saturated carbocycles. The minimum absolute atomic E-state index is 0.193. The summed E-state index contributed by atoms with van der Waals surface area (Å²) in [6, 6.07) is 5.59. The van der Waals surface area contributed by atoms with Crippen LogP contribution in [0.25, 0.3) is 11.3 Å². The Morgan fingerprint density at radius 1 is 1.08 bits per heavy atom. The maximum atomic E-state index is 12.7. The topological polar surface area (TPSA) is 17.8 Å². The number of thioether (sulfide) groups is 1. The van der Waals surface area contributed by atoms with Gasteiger partial charge in [-0.15, -0.1) is 11.8 Å². The normalized spacial score (nSPS) is 12.7. The van der Waals surface area contributed by atoms with Crippen LogP contribution in [0.5, 0.6) is 0 Å². The van der Waals surface area contributed by atoms with E-state index in [0.29, 0.717) is 34.2 Å². The van der Waals surface area contributed by atoms with Crippen molar-refractivity contribution >= 4 is 11.8 Å². The van der Waals surface area contributed by atoms with Crippen LogP contribution < -0.4 is 0 Å². The van der Waals surface area contributed by atoms with Gasteiger partial charge in [0.05, 0.1) is 11.4 Å². The summed E-state index contributed by atoms with van der Waals surface area (Å²) in [5.74, 6) is -1.05. The van der Waals surface area contributed by atoms with Gasteiger partial charge in [-0.2, -0.15) is 31.4 Å². The molecule has 0 saturated heterocycles. The quantitative estimate of drug-likeness (QED) is 0.537. The lowest BCUT2D eigenvalue weighted by Gasteiger charge is -2.12. The molecule has 2 nitrogen and oxygen atoms in total. The molecule has 0 atom stereocenters. The van der Waals surface area contributed by atoms with Crippen molar-refractivity contribution in [1.82, 2.24) is 9.78 Å². The summed E-state index contributed by atoms with van der Waals surface area (Å²) in [5, 5.41) is 3.42. The molecule has 0 spiro atoms. The van der Waals surface area contributed by atoms with Gasteiger partial charge in [0.15, 0.2) is 5.69 Å². The molecule has 0 aliphatic heterocycles. The molecule has 2 aromatic rings. The van der Waals surface area contributed by atoms with E-state index in [-0.39, 0.29) is 5.69 Å². The third-order valence-electron chi connectivity index (χ3n) is 3.31. The fraction of sp³-hybridized carbons (Fsp3) is 0.400. The smallest absolute Gasteiger partial charge is 0.267 e. The minimum atomic E-state index is -4.58. The lowest BCUT2D eigenvalue weighted by Crippen LogP contribution is -2.10. The summed E-state index contributed by atoms with van der Waals surface area (Å²) in [6.45, 7) is 1.80. The summed E-state index contributed by atoms with van der Waals surface area (Å²) in [5.41, 5.74) is 0.261.